The summed E-state index contributed by atoms with van der Waals surface area (Å²) >= 11 is 0. The third kappa shape index (κ3) is 1.00. The van der Waals surface area contributed by atoms with Gasteiger partial charge < -0.3 is 4.74 Å². The molecule has 0 N–H and O–H groups in total. The molecule has 0 saturated carbocycles. The predicted molar refractivity (Wildman–Crippen MR) is 44.6 cm³/mol. The first-order chi connectivity index (χ1) is 5.83. The van der Waals surface area contributed by atoms with Crippen LogP contribution in [-0.2, 0) is 4.74 Å². The molecule has 12 heavy (non-hydrogen) atoms. The van der Waals surface area contributed by atoms with Gasteiger partial charge in [0.15, 0.2) is 0 Å². The van der Waals surface area contributed by atoms with Crippen LogP contribution in [0.15, 0.2) is 11.8 Å². The summed E-state index contributed by atoms with van der Waals surface area (Å²) in [5, 5.41) is 0. The van der Waals surface area contributed by atoms with Crippen molar-refractivity contribution in [2.75, 3.05) is 6.61 Å². The van der Waals surface area contributed by atoms with Gasteiger partial charge in [-0.25, -0.2) is 4.79 Å². The Morgan fingerprint density at radius 3 is 3.08 bits per heavy atom. The largest absolute Gasteiger partial charge is 0.449 e. The van der Waals surface area contributed by atoms with E-state index in [1.807, 2.05) is 11.8 Å². The number of nitrogens with zero attached hydrogens (tertiary/aromatic N) is 1. The highest BCUT2D eigenvalue weighted by molar-refractivity contribution is 5.71. The molecular weight excluding hydrogens is 154 g/mol. The van der Waals surface area contributed by atoms with Gasteiger partial charge >= 0.3 is 6.09 Å². The monoisotopic (exact) mass is 167 g/mol. The van der Waals surface area contributed by atoms with Gasteiger partial charge in [-0.2, -0.15) is 0 Å². The number of fused-ring (bicyclic) bond motifs is 2. The number of carbonyl (C=O) groups is 1. The van der Waals surface area contributed by atoms with Crippen LogP contribution in [0.25, 0.3) is 0 Å². The minimum Gasteiger partial charge on any atom is -0.449 e. The molecule has 1 unspecified atom stereocenters. The molecule has 0 aromatic heterocycles. The molecule has 2 heterocycles. The lowest BCUT2D eigenvalue weighted by Gasteiger charge is -2.18. The lowest BCUT2D eigenvalue weighted by molar-refractivity contribution is 0.115. The second kappa shape index (κ2) is 2.81. The van der Waals surface area contributed by atoms with Crippen LogP contribution in [0.5, 0.6) is 0 Å². The molecule has 0 radical (unpaired) electrons. The van der Waals surface area contributed by atoms with Gasteiger partial charge in [-0.1, -0.05) is 6.08 Å². The van der Waals surface area contributed by atoms with E-state index >= 15 is 0 Å². The number of allylic oxidation sites excluding steroid dienone is 1. The van der Waals surface area contributed by atoms with Crippen molar-refractivity contribution in [3.63, 3.8) is 0 Å². The lowest BCUT2D eigenvalue weighted by atomic mass is 10.1. The number of carbonyl (C=O) groups excluding carboxylic acids is 1. The first-order valence-electron chi connectivity index (χ1n) is 4.48. The summed E-state index contributed by atoms with van der Waals surface area (Å²) in [7, 11) is 0. The van der Waals surface area contributed by atoms with Crippen molar-refractivity contribution in [3.8, 4) is 0 Å². The van der Waals surface area contributed by atoms with Gasteiger partial charge in [0, 0.05) is 11.7 Å². The molecule has 66 valence electrons. The van der Waals surface area contributed by atoms with Crippen molar-refractivity contribution < 1.29 is 9.53 Å². The van der Waals surface area contributed by atoms with Gasteiger partial charge in [-0.15, -0.1) is 0 Å². The van der Waals surface area contributed by atoms with Gasteiger partial charge in [-0.3, -0.25) is 4.90 Å². The molecule has 1 amide bonds. The molecule has 3 heteroatoms. The second-order valence-corrected chi connectivity index (χ2v) is 3.19. The summed E-state index contributed by atoms with van der Waals surface area (Å²) in [4.78, 5) is 13.2. The van der Waals surface area contributed by atoms with Crippen LogP contribution in [-0.4, -0.2) is 23.6 Å². The number of hydrogen-bond acceptors (Lipinski definition) is 2. The fourth-order valence-corrected chi connectivity index (χ4v) is 1.95. The minimum atomic E-state index is -0.163. The summed E-state index contributed by atoms with van der Waals surface area (Å²) in [5.74, 6) is 0. The quantitative estimate of drug-likeness (QED) is 0.597. The molecule has 2 aliphatic heterocycles. The first kappa shape index (κ1) is 7.65. The van der Waals surface area contributed by atoms with E-state index < -0.39 is 0 Å². The van der Waals surface area contributed by atoms with Crippen molar-refractivity contribution in [2.24, 2.45) is 0 Å². The Morgan fingerprint density at radius 1 is 1.83 bits per heavy atom. The maximum absolute atomic E-state index is 11.4. The SMILES string of the molecule is CCOC(=O)N1C2=CCC1CC2. The summed E-state index contributed by atoms with van der Waals surface area (Å²) in [6.45, 7) is 2.31. The van der Waals surface area contributed by atoms with E-state index in [-0.39, 0.29) is 6.09 Å². The molecule has 1 saturated heterocycles. The predicted octanol–water partition coefficient (Wildman–Crippen LogP) is 1.89. The van der Waals surface area contributed by atoms with Gasteiger partial charge in [0.1, 0.15) is 0 Å². The number of amides is 1. The van der Waals surface area contributed by atoms with Crippen LogP contribution in [0.2, 0.25) is 0 Å². The van der Waals surface area contributed by atoms with Crippen LogP contribution < -0.4 is 0 Å². The number of hydrogen-bond donors (Lipinski definition) is 0. The highest BCUT2D eigenvalue weighted by atomic mass is 16.6. The zero-order valence-electron chi connectivity index (χ0n) is 7.25. The van der Waals surface area contributed by atoms with Crippen LogP contribution in [0.1, 0.15) is 26.2 Å². The average Bonchev–Trinajstić information content (AvgIpc) is 2.62. The first-order valence-corrected chi connectivity index (χ1v) is 4.48. The Labute approximate surface area is 72.0 Å². The smallest absolute Gasteiger partial charge is 0.414 e. The molecule has 0 aliphatic carbocycles. The highest BCUT2D eigenvalue weighted by Crippen LogP contribution is 2.36. The van der Waals surface area contributed by atoms with Crippen molar-refractivity contribution >= 4 is 6.09 Å². The summed E-state index contributed by atoms with van der Waals surface area (Å²) in [5.41, 5.74) is 1.17. The Kier molecular flexibility index (Phi) is 1.79. The molecule has 2 rings (SSSR count). The minimum absolute atomic E-state index is 0.163. The number of rotatable bonds is 1. The Balaban J connectivity index is 2.06. The van der Waals surface area contributed by atoms with Crippen LogP contribution >= 0.6 is 0 Å². The Hall–Kier alpha value is -0.990. The maximum atomic E-state index is 11.4. The molecule has 2 bridgehead atoms. The zero-order chi connectivity index (χ0) is 8.55. The normalized spacial score (nSPS) is 25.9. The summed E-state index contributed by atoms with van der Waals surface area (Å²) in [6.07, 6.45) is 5.16. The molecular formula is C9H13NO2. The fraction of sp³-hybridized carbons (Fsp3) is 0.667. The van der Waals surface area contributed by atoms with Gasteiger partial charge in [0.25, 0.3) is 0 Å². The molecule has 1 fully saturated rings. The van der Waals surface area contributed by atoms with Crippen LogP contribution in [0.4, 0.5) is 4.79 Å². The van der Waals surface area contributed by atoms with E-state index in [4.69, 9.17) is 4.74 Å². The molecule has 0 aromatic carbocycles. The number of ether oxygens (including phenoxy) is 1. The molecule has 3 nitrogen and oxygen atoms in total. The molecule has 0 spiro atoms. The van der Waals surface area contributed by atoms with E-state index in [0.29, 0.717) is 12.6 Å². The topological polar surface area (TPSA) is 29.5 Å². The van der Waals surface area contributed by atoms with E-state index in [2.05, 4.69) is 6.08 Å². The van der Waals surface area contributed by atoms with Gasteiger partial charge in [0.05, 0.1) is 6.61 Å². The van der Waals surface area contributed by atoms with Crippen molar-refractivity contribution in [2.45, 2.75) is 32.2 Å². The second-order valence-electron chi connectivity index (χ2n) is 3.19. The summed E-state index contributed by atoms with van der Waals surface area (Å²) < 4.78 is 4.95. The zero-order valence-corrected chi connectivity index (χ0v) is 7.25. The third-order valence-electron chi connectivity index (χ3n) is 2.50. The van der Waals surface area contributed by atoms with E-state index in [9.17, 15) is 4.79 Å². The lowest BCUT2D eigenvalue weighted by Crippen LogP contribution is -2.31. The van der Waals surface area contributed by atoms with E-state index in [1.165, 1.54) is 5.70 Å². The molecule has 2 aliphatic rings. The van der Waals surface area contributed by atoms with Crippen molar-refractivity contribution in [3.05, 3.63) is 11.8 Å². The standard InChI is InChI=1S/C9H13NO2/c1-2-12-9(11)10-7-3-4-8(10)6-5-7/h3,8H,2,4-6H2,1H3. The Morgan fingerprint density at radius 2 is 2.67 bits per heavy atom. The van der Waals surface area contributed by atoms with Crippen LogP contribution in [0, 0.1) is 0 Å². The van der Waals surface area contributed by atoms with Crippen LogP contribution in [0.3, 0.4) is 0 Å². The van der Waals surface area contributed by atoms with Gasteiger partial charge in [0.2, 0.25) is 0 Å². The highest BCUT2D eigenvalue weighted by Gasteiger charge is 2.37. The fourth-order valence-electron chi connectivity index (χ4n) is 1.95. The summed E-state index contributed by atoms with van der Waals surface area (Å²) in [6, 6.07) is 0.402. The third-order valence-corrected chi connectivity index (χ3v) is 2.50. The van der Waals surface area contributed by atoms with Gasteiger partial charge in [-0.05, 0) is 26.2 Å². The van der Waals surface area contributed by atoms with Crippen molar-refractivity contribution in [1.82, 2.24) is 4.90 Å². The molecule has 1 atom stereocenters. The van der Waals surface area contributed by atoms with E-state index in [1.54, 1.807) is 0 Å². The Bertz CT molecular complexity index is 235. The maximum Gasteiger partial charge on any atom is 0.414 e. The average molecular weight is 167 g/mol. The van der Waals surface area contributed by atoms with Crippen molar-refractivity contribution in [1.29, 1.82) is 0 Å². The van der Waals surface area contributed by atoms with E-state index in [0.717, 1.165) is 19.3 Å². The molecule has 0 aromatic rings.